The molecule has 0 amide bonds. The van der Waals surface area contributed by atoms with E-state index in [4.69, 9.17) is 16.3 Å². The van der Waals surface area contributed by atoms with E-state index >= 15 is 0 Å². The third kappa shape index (κ3) is 4.85. The number of benzene rings is 2. The highest BCUT2D eigenvalue weighted by molar-refractivity contribution is 6.34. The molecule has 3 aromatic rings. The second kappa shape index (κ2) is 9.28. The van der Waals surface area contributed by atoms with Gasteiger partial charge in [0.1, 0.15) is 12.0 Å². The Hall–Kier alpha value is -2.58. The number of fused-ring (bicyclic) bond motifs is 1. The highest BCUT2D eigenvalue weighted by Crippen LogP contribution is 2.34. The lowest BCUT2D eigenvalue weighted by molar-refractivity contribution is -0.0416. The van der Waals surface area contributed by atoms with Crippen molar-refractivity contribution in [1.82, 2.24) is 14.8 Å². The maximum absolute atomic E-state index is 11.4. The van der Waals surface area contributed by atoms with Crippen LogP contribution in [0.4, 0.5) is 0 Å². The van der Waals surface area contributed by atoms with E-state index in [1.807, 2.05) is 36.2 Å². The van der Waals surface area contributed by atoms with Crippen LogP contribution in [0, 0.1) is 0 Å². The lowest BCUT2D eigenvalue weighted by Crippen LogP contribution is -2.51. The first-order valence-electron chi connectivity index (χ1n) is 10.3. The number of β-amino-alcohol motifs (C(OH)–C–C–N with tert-alkyl or cyclic N) is 1. The number of rotatable bonds is 7. The predicted octanol–water partition coefficient (Wildman–Crippen LogP) is 3.52. The van der Waals surface area contributed by atoms with Gasteiger partial charge in [0.2, 0.25) is 0 Å². The Labute approximate surface area is 185 Å². The molecule has 1 atom stereocenters. The molecule has 7 nitrogen and oxygen atoms in total. The molecule has 164 valence electrons. The van der Waals surface area contributed by atoms with Crippen LogP contribution in [-0.2, 0) is 0 Å². The van der Waals surface area contributed by atoms with Gasteiger partial charge < -0.3 is 19.9 Å². The van der Waals surface area contributed by atoms with Gasteiger partial charge in [-0.25, -0.2) is 4.79 Å². The normalized spacial score (nSPS) is 17.8. The highest BCUT2D eigenvalue weighted by atomic mass is 35.5. The van der Waals surface area contributed by atoms with Gasteiger partial charge in [0.05, 0.1) is 17.2 Å². The van der Waals surface area contributed by atoms with Gasteiger partial charge in [-0.05, 0) is 43.3 Å². The zero-order chi connectivity index (χ0) is 22.0. The summed E-state index contributed by atoms with van der Waals surface area (Å²) in [6.45, 7) is 3.98. The Morgan fingerprint density at radius 2 is 2.03 bits per heavy atom. The van der Waals surface area contributed by atoms with Gasteiger partial charge in [-0.2, -0.15) is 0 Å². The molecule has 31 heavy (non-hydrogen) atoms. The minimum Gasteiger partial charge on any atom is -0.494 e. The standard InChI is InChI=1S/C23H26ClN3O4/c1-26-8-9-27(14-22(26)28)7-2-10-31-16-5-3-15(4-6-16)17-11-18-19(23(29)30)13-25-21(18)12-20(17)24/h3-6,11-13,22,25,28H,2,7-10,14H2,1H3,(H,29,30). The number of nitrogens with one attached hydrogen (secondary N) is 1. The molecule has 1 unspecified atom stereocenters. The lowest BCUT2D eigenvalue weighted by Gasteiger charge is -2.36. The van der Waals surface area contributed by atoms with Crippen molar-refractivity contribution in [1.29, 1.82) is 0 Å². The topological polar surface area (TPSA) is 89.0 Å². The van der Waals surface area contributed by atoms with E-state index < -0.39 is 12.2 Å². The first kappa shape index (κ1) is 21.6. The van der Waals surface area contributed by atoms with Crippen LogP contribution in [0.5, 0.6) is 5.75 Å². The fourth-order valence-electron chi connectivity index (χ4n) is 3.86. The van der Waals surface area contributed by atoms with Crippen molar-refractivity contribution in [2.75, 3.05) is 39.8 Å². The number of carboxylic acid groups (broad SMARTS) is 1. The zero-order valence-electron chi connectivity index (χ0n) is 17.3. The molecule has 2 heterocycles. The van der Waals surface area contributed by atoms with Crippen molar-refractivity contribution < 1.29 is 19.7 Å². The first-order valence-corrected chi connectivity index (χ1v) is 10.7. The first-order chi connectivity index (χ1) is 14.9. The van der Waals surface area contributed by atoms with Gasteiger partial charge in [0.25, 0.3) is 0 Å². The Balaban J connectivity index is 1.36. The van der Waals surface area contributed by atoms with Gasteiger partial charge in [-0.1, -0.05) is 23.7 Å². The molecule has 4 rings (SSSR count). The number of nitrogens with zero attached hydrogens (tertiary/aromatic N) is 2. The molecule has 8 heteroatoms. The number of aromatic amines is 1. The molecule has 0 aliphatic carbocycles. The van der Waals surface area contributed by atoms with Crippen molar-refractivity contribution in [2.24, 2.45) is 0 Å². The van der Waals surface area contributed by atoms with E-state index in [1.165, 1.54) is 6.20 Å². The quantitative estimate of drug-likeness (QED) is 0.484. The highest BCUT2D eigenvalue weighted by Gasteiger charge is 2.21. The number of aliphatic hydroxyl groups excluding tert-OH is 1. The minimum atomic E-state index is -0.977. The van der Waals surface area contributed by atoms with E-state index in [2.05, 4.69) is 9.88 Å². The molecule has 0 saturated carbocycles. The Kier molecular flexibility index (Phi) is 6.48. The Bertz CT molecular complexity index is 1070. The van der Waals surface area contributed by atoms with Crippen LogP contribution >= 0.6 is 11.6 Å². The maximum atomic E-state index is 11.4. The number of ether oxygens (including phenoxy) is 1. The Morgan fingerprint density at radius 3 is 2.74 bits per heavy atom. The summed E-state index contributed by atoms with van der Waals surface area (Å²) in [5, 5.41) is 20.5. The zero-order valence-corrected chi connectivity index (χ0v) is 18.1. The number of halogens is 1. The number of carboxylic acids is 1. The summed E-state index contributed by atoms with van der Waals surface area (Å²) in [7, 11) is 1.93. The number of likely N-dealkylation sites (N-methyl/N-ethyl adjacent to an activating group) is 1. The van der Waals surface area contributed by atoms with E-state index in [9.17, 15) is 15.0 Å². The molecule has 1 saturated heterocycles. The molecule has 0 bridgehead atoms. The van der Waals surface area contributed by atoms with Crippen LogP contribution in [-0.4, -0.2) is 77.0 Å². The largest absolute Gasteiger partial charge is 0.494 e. The Morgan fingerprint density at radius 1 is 1.26 bits per heavy atom. The average molecular weight is 444 g/mol. The van der Waals surface area contributed by atoms with E-state index in [0.29, 0.717) is 29.1 Å². The van der Waals surface area contributed by atoms with Crippen molar-refractivity contribution >= 4 is 28.5 Å². The SMILES string of the molecule is CN1CCN(CCCOc2ccc(-c3cc4c(C(=O)O)c[nH]c4cc3Cl)cc2)CC1O. The number of H-pyrrole nitrogens is 1. The second-order valence-electron chi connectivity index (χ2n) is 7.87. The summed E-state index contributed by atoms with van der Waals surface area (Å²) in [5.41, 5.74) is 2.58. The molecule has 2 aromatic carbocycles. The molecule has 1 aromatic heterocycles. The summed E-state index contributed by atoms with van der Waals surface area (Å²) >= 11 is 6.44. The van der Waals surface area contributed by atoms with Gasteiger partial charge in [0.15, 0.2) is 0 Å². The predicted molar refractivity (Wildman–Crippen MR) is 121 cm³/mol. The minimum absolute atomic E-state index is 0.223. The van der Waals surface area contributed by atoms with Crippen LogP contribution in [0.25, 0.3) is 22.0 Å². The number of carbonyl (C=O) groups is 1. The molecule has 1 aliphatic rings. The van der Waals surface area contributed by atoms with E-state index in [1.54, 1.807) is 12.1 Å². The number of aromatic carboxylic acids is 1. The second-order valence-corrected chi connectivity index (χ2v) is 8.28. The molecule has 0 radical (unpaired) electrons. The van der Waals surface area contributed by atoms with E-state index in [-0.39, 0.29) is 5.56 Å². The summed E-state index contributed by atoms with van der Waals surface area (Å²) in [4.78, 5) is 18.6. The van der Waals surface area contributed by atoms with E-state index in [0.717, 1.165) is 42.9 Å². The molecule has 3 N–H and O–H groups in total. The van der Waals surface area contributed by atoms with Crippen molar-refractivity contribution in [2.45, 2.75) is 12.6 Å². The lowest BCUT2D eigenvalue weighted by atomic mass is 10.0. The number of aromatic nitrogens is 1. The summed E-state index contributed by atoms with van der Waals surface area (Å²) in [5.74, 6) is -0.207. The number of piperazine rings is 1. The number of hydrogen-bond donors (Lipinski definition) is 3. The van der Waals surface area contributed by atoms with Gasteiger partial charge >= 0.3 is 5.97 Å². The van der Waals surface area contributed by atoms with Crippen molar-refractivity contribution in [3.8, 4) is 16.9 Å². The van der Waals surface area contributed by atoms with Crippen molar-refractivity contribution in [3.63, 3.8) is 0 Å². The number of aliphatic hydroxyl groups is 1. The van der Waals surface area contributed by atoms with Crippen LogP contribution in [0.15, 0.2) is 42.6 Å². The van der Waals surface area contributed by atoms with Crippen LogP contribution in [0.3, 0.4) is 0 Å². The average Bonchev–Trinajstić information content (AvgIpc) is 3.16. The summed E-state index contributed by atoms with van der Waals surface area (Å²) in [6, 6.07) is 11.2. The molecule has 0 spiro atoms. The van der Waals surface area contributed by atoms with Gasteiger partial charge in [-0.15, -0.1) is 0 Å². The smallest absolute Gasteiger partial charge is 0.337 e. The van der Waals surface area contributed by atoms with Gasteiger partial charge in [0, 0.05) is 48.8 Å². The molecule has 1 fully saturated rings. The van der Waals surface area contributed by atoms with Gasteiger partial charge in [-0.3, -0.25) is 9.80 Å². The fraction of sp³-hybridized carbons (Fsp3) is 0.348. The summed E-state index contributed by atoms with van der Waals surface area (Å²) < 4.78 is 5.86. The third-order valence-corrected chi connectivity index (χ3v) is 6.06. The van der Waals surface area contributed by atoms with Crippen LogP contribution in [0.1, 0.15) is 16.8 Å². The van der Waals surface area contributed by atoms with Crippen molar-refractivity contribution in [3.05, 3.63) is 53.2 Å². The third-order valence-electron chi connectivity index (χ3n) is 5.75. The monoisotopic (exact) mass is 443 g/mol. The van der Waals surface area contributed by atoms with Crippen LogP contribution < -0.4 is 4.74 Å². The maximum Gasteiger partial charge on any atom is 0.337 e. The summed E-state index contributed by atoms with van der Waals surface area (Å²) in [6.07, 6.45) is 1.96. The van der Waals surface area contributed by atoms with Crippen LogP contribution in [0.2, 0.25) is 5.02 Å². The fourth-order valence-corrected chi connectivity index (χ4v) is 4.14. The molecular weight excluding hydrogens is 418 g/mol. The number of hydrogen-bond acceptors (Lipinski definition) is 5. The molecular formula is C23H26ClN3O4. The molecule has 1 aliphatic heterocycles.